The molecule has 0 aliphatic heterocycles. The summed E-state index contributed by atoms with van der Waals surface area (Å²) < 4.78 is 0.945. The highest BCUT2D eigenvalue weighted by atomic mass is 35.5. The highest BCUT2D eigenvalue weighted by molar-refractivity contribution is 4.79. The number of aliphatic hydroxyl groups excluding tert-OH is 7. The van der Waals surface area contributed by atoms with E-state index in [0.29, 0.717) is 6.61 Å². The Kier molecular flexibility index (Phi) is 16.8. The molecule has 0 aromatic rings. The fourth-order valence-corrected chi connectivity index (χ4v) is 1.22. The molecule has 0 aliphatic carbocycles. The maximum Gasteiger partial charge on any atom is 0.111 e. The van der Waals surface area contributed by atoms with Gasteiger partial charge in [-0.3, -0.25) is 0 Å². The lowest BCUT2D eigenvalue weighted by Gasteiger charge is -2.24. The minimum absolute atomic E-state index is 0. The molecule has 0 aromatic heterocycles. The third-order valence-corrected chi connectivity index (χ3v) is 2.50. The first-order valence-corrected chi connectivity index (χ1v) is 6.46. The van der Waals surface area contributed by atoms with Crippen LogP contribution in [0.25, 0.3) is 0 Å². The van der Waals surface area contributed by atoms with E-state index < -0.39 is 37.6 Å². The van der Waals surface area contributed by atoms with E-state index in [9.17, 15) is 0 Å². The summed E-state index contributed by atoms with van der Waals surface area (Å²) in [6.45, 7) is -0.0846. The first kappa shape index (κ1) is 25.9. The number of hydrogen-bond acceptors (Lipinski definition) is 7. The second kappa shape index (κ2) is 13.6. The van der Waals surface area contributed by atoms with Crippen LogP contribution in [0.1, 0.15) is 6.42 Å². The van der Waals surface area contributed by atoms with E-state index >= 15 is 0 Å². The van der Waals surface area contributed by atoms with E-state index in [1.165, 1.54) is 0 Å². The van der Waals surface area contributed by atoms with Crippen molar-refractivity contribution >= 4 is 0 Å². The Labute approximate surface area is 131 Å². The van der Waals surface area contributed by atoms with Gasteiger partial charge in [0.25, 0.3) is 0 Å². The molecule has 7 N–H and O–H groups in total. The Morgan fingerprint density at radius 1 is 0.762 bits per heavy atom. The van der Waals surface area contributed by atoms with Crippen LogP contribution in [-0.2, 0) is 0 Å². The van der Waals surface area contributed by atoms with Gasteiger partial charge in [0.15, 0.2) is 0 Å². The number of hydrogen-bond donors (Lipinski definition) is 7. The van der Waals surface area contributed by atoms with Crippen LogP contribution in [0.15, 0.2) is 0 Å². The van der Waals surface area contributed by atoms with Crippen molar-refractivity contribution in [2.75, 3.05) is 47.5 Å². The molecule has 132 valence electrons. The van der Waals surface area contributed by atoms with E-state index in [-0.39, 0.29) is 12.4 Å². The Morgan fingerprint density at radius 3 is 1.24 bits per heavy atom. The maximum absolute atomic E-state index is 8.96. The third kappa shape index (κ3) is 14.7. The van der Waals surface area contributed by atoms with Crippen LogP contribution in [0.3, 0.4) is 0 Å². The largest absolute Gasteiger partial charge is 1.00 e. The summed E-state index contributed by atoms with van der Waals surface area (Å²) >= 11 is 0. The van der Waals surface area contributed by atoms with Crippen molar-refractivity contribution in [3.8, 4) is 0 Å². The first-order chi connectivity index (χ1) is 9.10. The number of aliphatic hydroxyl groups is 7. The number of quaternary nitrogens is 1. The van der Waals surface area contributed by atoms with Crippen molar-refractivity contribution in [1.29, 1.82) is 0 Å². The summed E-state index contributed by atoms with van der Waals surface area (Å²) in [5.74, 6) is 0. The first-order valence-electron chi connectivity index (χ1n) is 6.46. The van der Waals surface area contributed by atoms with E-state index in [1.54, 1.807) is 0 Å². The van der Waals surface area contributed by atoms with Crippen molar-refractivity contribution in [3.05, 3.63) is 0 Å². The van der Waals surface area contributed by atoms with Crippen LogP contribution in [-0.4, -0.2) is 112 Å². The van der Waals surface area contributed by atoms with Crippen molar-refractivity contribution in [3.63, 3.8) is 0 Å². The molecule has 8 nitrogen and oxygen atoms in total. The lowest BCUT2D eigenvalue weighted by Crippen LogP contribution is -3.00. The highest BCUT2D eigenvalue weighted by Crippen LogP contribution is 2.04. The van der Waals surface area contributed by atoms with Gasteiger partial charge in [0.05, 0.1) is 40.9 Å². The van der Waals surface area contributed by atoms with Crippen molar-refractivity contribution in [2.24, 2.45) is 0 Å². The molecule has 0 aliphatic rings. The quantitative estimate of drug-likeness (QED) is 0.219. The van der Waals surface area contributed by atoms with Crippen LogP contribution in [0, 0.1) is 0 Å². The topological polar surface area (TPSA) is 142 Å². The molecule has 21 heavy (non-hydrogen) atoms. The smallest absolute Gasteiger partial charge is 0.111 e. The maximum atomic E-state index is 8.96. The van der Waals surface area contributed by atoms with Gasteiger partial charge >= 0.3 is 0 Å². The molecule has 4 atom stereocenters. The molecule has 0 radical (unpaired) electrons. The van der Waals surface area contributed by atoms with Crippen LogP contribution in [0.2, 0.25) is 0 Å². The summed E-state index contributed by atoms with van der Waals surface area (Å²) in [6.07, 6.45) is -5.49. The molecule has 0 bridgehead atoms. The zero-order chi connectivity index (χ0) is 16.3. The van der Waals surface area contributed by atoms with Gasteiger partial charge in [-0.25, -0.2) is 0 Å². The fraction of sp³-hybridized carbons (Fsp3) is 1.00. The molecule has 0 saturated carbocycles. The van der Waals surface area contributed by atoms with Gasteiger partial charge in [0.2, 0.25) is 0 Å². The molecule has 0 unspecified atom stereocenters. The lowest BCUT2D eigenvalue weighted by atomic mass is 10.0. The standard InChI is InChI=1S/C6H16NO.C6H14O6.ClH/c1-7(2,3)5-4-6-8;7-1-3(9)5(11)6(12)4(10)2-8;/h8H,4-6H2,1-3H3;3-12H,1-2H2;1H/q+1;;/p-1/t;3-,4+,5-,6-;/m.1./s1. The SMILES string of the molecule is C[N+](C)(C)CCCO.OC[C@@H](O)[C@@H](O)[C@H](O)[C@@H](O)CO.[Cl-]. The van der Waals surface area contributed by atoms with Crippen LogP contribution in [0.4, 0.5) is 0 Å². The molecule has 0 rings (SSSR count). The van der Waals surface area contributed by atoms with E-state index in [0.717, 1.165) is 17.4 Å². The Balaban J connectivity index is -0.000000317. The van der Waals surface area contributed by atoms with Gasteiger partial charge in [0, 0.05) is 13.0 Å². The van der Waals surface area contributed by atoms with Gasteiger partial charge in [-0.15, -0.1) is 0 Å². The molecule has 0 aromatic carbocycles. The number of nitrogens with zero attached hydrogens (tertiary/aromatic N) is 1. The molecule has 9 heteroatoms. The minimum atomic E-state index is -1.67. The summed E-state index contributed by atoms with van der Waals surface area (Å²) in [7, 11) is 6.36. The Morgan fingerprint density at radius 2 is 1.10 bits per heavy atom. The zero-order valence-corrected chi connectivity index (χ0v) is 13.6. The van der Waals surface area contributed by atoms with Crippen LogP contribution >= 0.6 is 0 Å². The van der Waals surface area contributed by atoms with E-state index in [1.807, 2.05) is 0 Å². The number of halogens is 1. The second-order valence-corrected chi connectivity index (χ2v) is 5.57. The van der Waals surface area contributed by atoms with E-state index in [4.69, 9.17) is 35.7 Å². The van der Waals surface area contributed by atoms with Crippen molar-refractivity contribution in [1.82, 2.24) is 0 Å². The number of rotatable bonds is 8. The molecule has 0 saturated heterocycles. The Hall–Kier alpha value is -0.0300. The fourth-order valence-electron chi connectivity index (χ4n) is 1.22. The van der Waals surface area contributed by atoms with Gasteiger partial charge in [-0.1, -0.05) is 0 Å². The van der Waals surface area contributed by atoms with Crippen LogP contribution < -0.4 is 12.4 Å². The molecular formula is C12H30ClNO7. The monoisotopic (exact) mass is 335 g/mol. The summed E-state index contributed by atoms with van der Waals surface area (Å²) in [5, 5.41) is 60.6. The van der Waals surface area contributed by atoms with Crippen LogP contribution in [0.5, 0.6) is 0 Å². The predicted octanol–water partition coefficient (Wildman–Crippen LogP) is -6.51. The van der Waals surface area contributed by atoms with Gasteiger partial charge in [-0.2, -0.15) is 0 Å². The average Bonchev–Trinajstić information content (AvgIpc) is 2.41. The predicted molar refractivity (Wildman–Crippen MR) is 72.8 cm³/mol. The Bertz CT molecular complexity index is 214. The summed E-state index contributed by atoms with van der Waals surface area (Å²) in [5.41, 5.74) is 0. The van der Waals surface area contributed by atoms with Crippen molar-refractivity contribution in [2.45, 2.75) is 30.8 Å². The molecule has 0 spiro atoms. The molecule has 0 amide bonds. The summed E-state index contributed by atoms with van der Waals surface area (Å²) in [4.78, 5) is 0. The highest BCUT2D eigenvalue weighted by Gasteiger charge is 2.29. The lowest BCUT2D eigenvalue weighted by molar-refractivity contribution is -0.870. The minimum Gasteiger partial charge on any atom is -1.00 e. The normalized spacial score (nSPS) is 16.9. The molecule has 0 fully saturated rings. The molecule has 0 heterocycles. The van der Waals surface area contributed by atoms with E-state index in [2.05, 4.69) is 21.1 Å². The van der Waals surface area contributed by atoms with Crippen molar-refractivity contribution < 1.29 is 52.6 Å². The molecular weight excluding hydrogens is 306 g/mol. The van der Waals surface area contributed by atoms with Gasteiger partial charge in [0.1, 0.15) is 24.4 Å². The van der Waals surface area contributed by atoms with Gasteiger partial charge < -0.3 is 52.6 Å². The van der Waals surface area contributed by atoms with Gasteiger partial charge in [-0.05, 0) is 0 Å². The average molecular weight is 336 g/mol. The third-order valence-electron chi connectivity index (χ3n) is 2.50. The zero-order valence-electron chi connectivity index (χ0n) is 12.8. The second-order valence-electron chi connectivity index (χ2n) is 5.57. The summed E-state index contributed by atoms with van der Waals surface area (Å²) in [6, 6.07) is 0.